The summed E-state index contributed by atoms with van der Waals surface area (Å²) in [6, 6.07) is 77.4. The number of anilines is 3. The molecular weight excluding hydrogens is 773 g/mol. The third kappa shape index (κ3) is 5.14. The molecule has 0 radical (unpaired) electrons. The number of rotatable bonds is 6. The van der Waals surface area contributed by atoms with Crippen LogP contribution in [0.5, 0.6) is 0 Å². The Kier molecular flexibility index (Phi) is 7.90. The van der Waals surface area contributed by atoms with Crippen LogP contribution in [0.15, 0.2) is 206 Å². The zero-order chi connectivity index (χ0) is 41.9. The second-order valence-electron chi connectivity index (χ2n) is 19.3. The molecule has 1 spiro atoms. The van der Waals surface area contributed by atoms with Gasteiger partial charge in [-0.15, -0.1) is 0 Å². The van der Waals surface area contributed by atoms with Crippen LogP contribution in [-0.4, -0.2) is 4.57 Å². The molecule has 2 nitrogen and oxygen atoms in total. The molecule has 4 fully saturated rings. The molecule has 1 heterocycles. The average molecular weight is 821 g/mol. The third-order valence-corrected chi connectivity index (χ3v) is 16.1. The summed E-state index contributed by atoms with van der Waals surface area (Å²) in [6.07, 6.45) is 7.08. The summed E-state index contributed by atoms with van der Waals surface area (Å²) in [7, 11) is 0. The summed E-state index contributed by atoms with van der Waals surface area (Å²) in [5, 5.41) is 4.96. The lowest BCUT2D eigenvalue weighted by Gasteiger charge is -2.61. The molecule has 0 atom stereocenters. The van der Waals surface area contributed by atoms with Gasteiger partial charge < -0.3 is 9.47 Å². The van der Waals surface area contributed by atoms with Crippen LogP contribution in [0.25, 0.3) is 71.6 Å². The van der Waals surface area contributed by atoms with Crippen LogP contribution in [0.4, 0.5) is 17.1 Å². The first-order chi connectivity index (χ1) is 31.7. The van der Waals surface area contributed by atoms with E-state index in [0.29, 0.717) is 0 Å². The van der Waals surface area contributed by atoms with E-state index in [4.69, 9.17) is 0 Å². The quantitative estimate of drug-likeness (QED) is 0.162. The Bertz CT molecular complexity index is 3440. The van der Waals surface area contributed by atoms with Gasteiger partial charge in [0.2, 0.25) is 0 Å². The molecule has 0 N–H and O–H groups in total. The molecule has 15 rings (SSSR count). The zero-order valence-corrected chi connectivity index (χ0v) is 35.9. The van der Waals surface area contributed by atoms with Crippen molar-refractivity contribution in [3.63, 3.8) is 0 Å². The van der Waals surface area contributed by atoms with Gasteiger partial charge in [0.1, 0.15) is 0 Å². The van der Waals surface area contributed by atoms with Crippen molar-refractivity contribution in [3.05, 3.63) is 217 Å². The van der Waals surface area contributed by atoms with E-state index >= 15 is 0 Å². The van der Waals surface area contributed by atoms with Gasteiger partial charge in [0.25, 0.3) is 0 Å². The fourth-order valence-electron chi connectivity index (χ4n) is 14.0. The summed E-state index contributed by atoms with van der Waals surface area (Å²) in [6.45, 7) is 0. The Hall–Kier alpha value is -7.16. The minimum Gasteiger partial charge on any atom is -0.308 e. The van der Waals surface area contributed by atoms with Crippen molar-refractivity contribution in [2.24, 2.45) is 23.7 Å². The number of nitrogens with zero attached hydrogens (tertiary/aromatic N) is 2. The molecule has 5 aliphatic carbocycles. The van der Waals surface area contributed by atoms with Crippen molar-refractivity contribution < 1.29 is 0 Å². The fourth-order valence-corrected chi connectivity index (χ4v) is 14.0. The summed E-state index contributed by atoms with van der Waals surface area (Å²) in [5.41, 5.74) is 18.2. The van der Waals surface area contributed by atoms with Gasteiger partial charge in [-0.25, -0.2) is 0 Å². The van der Waals surface area contributed by atoms with E-state index in [0.717, 1.165) is 46.4 Å². The smallest absolute Gasteiger partial charge is 0.0782 e. The highest BCUT2D eigenvalue weighted by Crippen LogP contribution is 2.69. The molecule has 0 amide bonds. The Morgan fingerprint density at radius 2 is 1.00 bits per heavy atom. The van der Waals surface area contributed by atoms with Crippen LogP contribution in [0.2, 0.25) is 0 Å². The molecule has 4 saturated carbocycles. The Labute approximate surface area is 375 Å². The van der Waals surface area contributed by atoms with E-state index in [1.165, 1.54) is 98.1 Å². The van der Waals surface area contributed by atoms with E-state index in [2.05, 4.69) is 216 Å². The fraction of sp³-hybridized carbons (Fsp3) is 0.161. The number of para-hydroxylation sites is 3. The molecule has 0 saturated heterocycles. The van der Waals surface area contributed by atoms with Gasteiger partial charge in [0.15, 0.2) is 0 Å². The van der Waals surface area contributed by atoms with E-state index in [1.54, 1.807) is 11.1 Å². The summed E-state index contributed by atoms with van der Waals surface area (Å²) in [4.78, 5) is 2.52. The lowest BCUT2D eigenvalue weighted by molar-refractivity contribution is -0.0399. The molecule has 4 bridgehead atoms. The van der Waals surface area contributed by atoms with E-state index in [9.17, 15) is 0 Å². The Morgan fingerprint density at radius 1 is 0.391 bits per heavy atom. The van der Waals surface area contributed by atoms with Crippen LogP contribution < -0.4 is 4.90 Å². The van der Waals surface area contributed by atoms with Crippen LogP contribution in [0.1, 0.15) is 43.2 Å². The second kappa shape index (κ2) is 13.9. The average Bonchev–Trinajstić information content (AvgIpc) is 3.85. The highest BCUT2D eigenvalue weighted by molar-refractivity contribution is 6.16. The predicted octanol–water partition coefficient (Wildman–Crippen LogP) is 16.5. The van der Waals surface area contributed by atoms with Gasteiger partial charge in [-0.1, -0.05) is 158 Å². The molecule has 64 heavy (non-hydrogen) atoms. The zero-order valence-electron chi connectivity index (χ0n) is 35.9. The number of benzene rings is 9. The predicted molar refractivity (Wildman–Crippen MR) is 267 cm³/mol. The lowest BCUT2D eigenvalue weighted by Crippen LogP contribution is -2.55. The van der Waals surface area contributed by atoms with Crippen LogP contribution in [0, 0.1) is 23.7 Å². The van der Waals surface area contributed by atoms with Gasteiger partial charge in [-0.05, 0) is 154 Å². The summed E-state index contributed by atoms with van der Waals surface area (Å²) in [5.74, 6) is 3.38. The van der Waals surface area contributed by atoms with E-state index < -0.39 is 0 Å². The Morgan fingerprint density at radius 3 is 1.83 bits per heavy atom. The lowest BCUT2D eigenvalue weighted by atomic mass is 9.43. The standard InChI is InChI=1S/C62H48N2/c1-3-15-42(16-4-1)43-17-11-20-48(38-43)63(60-30-14-26-54-53-22-8-10-28-59(53)64(61(54)60)47-18-5-2-6-19-47)58-29-13-24-50-49(23-12-25-52(50)58)44-31-32-57-55(39-44)51-21-7-9-27-56(51)62(57)45-34-40-33-41(36-45)37-46(62)35-40/h1-32,38-41,45-46H,33-37H2. The Balaban J connectivity index is 0.989. The molecule has 5 aliphatic rings. The third-order valence-electron chi connectivity index (χ3n) is 16.1. The second-order valence-corrected chi connectivity index (χ2v) is 19.3. The number of hydrogen-bond donors (Lipinski definition) is 0. The largest absolute Gasteiger partial charge is 0.308 e. The van der Waals surface area contributed by atoms with Gasteiger partial charge >= 0.3 is 0 Å². The van der Waals surface area contributed by atoms with Crippen molar-refractivity contribution in [2.45, 2.75) is 37.5 Å². The van der Waals surface area contributed by atoms with Gasteiger partial charge in [0.05, 0.1) is 22.4 Å². The molecule has 0 aliphatic heterocycles. The maximum absolute atomic E-state index is 2.57. The molecule has 10 aromatic rings. The number of fused-ring (bicyclic) bond motifs is 7. The number of hydrogen-bond acceptors (Lipinski definition) is 1. The van der Waals surface area contributed by atoms with Crippen molar-refractivity contribution in [1.82, 2.24) is 4.57 Å². The molecule has 2 heteroatoms. The van der Waals surface area contributed by atoms with Crippen LogP contribution in [0.3, 0.4) is 0 Å². The molecular formula is C62H48N2. The minimum atomic E-state index is 0.168. The molecule has 306 valence electrons. The maximum Gasteiger partial charge on any atom is 0.0782 e. The first kappa shape index (κ1) is 36.3. The van der Waals surface area contributed by atoms with Gasteiger partial charge in [-0.3, -0.25) is 0 Å². The van der Waals surface area contributed by atoms with Gasteiger partial charge in [0, 0.05) is 32.9 Å². The van der Waals surface area contributed by atoms with Crippen molar-refractivity contribution >= 4 is 49.6 Å². The van der Waals surface area contributed by atoms with Crippen molar-refractivity contribution in [2.75, 3.05) is 4.90 Å². The normalized spacial score (nSPS) is 21.5. The summed E-state index contributed by atoms with van der Waals surface area (Å²) >= 11 is 0. The highest BCUT2D eigenvalue weighted by Gasteiger charge is 2.61. The van der Waals surface area contributed by atoms with Gasteiger partial charge in [-0.2, -0.15) is 0 Å². The maximum atomic E-state index is 2.57. The van der Waals surface area contributed by atoms with Crippen molar-refractivity contribution in [1.29, 1.82) is 0 Å². The SMILES string of the molecule is c1ccc(-c2cccc(N(c3cccc4c(-c5ccc6c(c5)-c5ccccc5C65C6CC7CC(C6)CC5C7)cccc34)c3cccc4c5ccccc5n(-c5ccccc5)c34)c2)cc1. The van der Waals surface area contributed by atoms with Crippen molar-refractivity contribution in [3.8, 4) is 39.1 Å². The first-order valence-corrected chi connectivity index (χ1v) is 23.5. The van der Waals surface area contributed by atoms with Crippen LogP contribution >= 0.6 is 0 Å². The topological polar surface area (TPSA) is 8.17 Å². The monoisotopic (exact) mass is 820 g/mol. The number of aromatic nitrogens is 1. The van der Waals surface area contributed by atoms with E-state index in [-0.39, 0.29) is 5.41 Å². The van der Waals surface area contributed by atoms with E-state index in [1.807, 2.05) is 0 Å². The minimum absolute atomic E-state index is 0.168. The van der Waals surface area contributed by atoms with Crippen LogP contribution in [-0.2, 0) is 5.41 Å². The molecule has 1 aromatic heterocycles. The highest BCUT2D eigenvalue weighted by atomic mass is 15.2. The summed E-state index contributed by atoms with van der Waals surface area (Å²) < 4.78 is 2.46. The first-order valence-electron chi connectivity index (χ1n) is 23.5. The molecule has 9 aromatic carbocycles. The molecule has 0 unspecified atom stereocenters.